The first-order valence-corrected chi connectivity index (χ1v) is 10.00. The van der Waals surface area contributed by atoms with Gasteiger partial charge in [0.25, 0.3) is 5.91 Å². The highest BCUT2D eigenvalue weighted by atomic mass is 79.9. The van der Waals surface area contributed by atoms with E-state index in [0.29, 0.717) is 21.1 Å². The van der Waals surface area contributed by atoms with E-state index in [-0.39, 0.29) is 23.6 Å². The number of rotatable bonds is 3. The minimum Gasteiger partial charge on any atom is -0.317 e. The number of hydrogen-bond acceptors (Lipinski definition) is 3. The van der Waals surface area contributed by atoms with Gasteiger partial charge >= 0.3 is 0 Å². The van der Waals surface area contributed by atoms with Crippen LogP contribution in [0.5, 0.6) is 0 Å². The summed E-state index contributed by atoms with van der Waals surface area (Å²) in [7, 11) is 1.67. The van der Waals surface area contributed by atoms with Crippen molar-refractivity contribution in [2.75, 3.05) is 4.90 Å². The van der Waals surface area contributed by atoms with Gasteiger partial charge in [-0.1, -0.05) is 23.7 Å². The van der Waals surface area contributed by atoms with Gasteiger partial charge in [0.2, 0.25) is 5.56 Å². The average molecular weight is 462 g/mol. The third-order valence-electron chi connectivity index (χ3n) is 4.89. The number of aryl methyl sites for hydroxylation is 1. The van der Waals surface area contributed by atoms with Crippen molar-refractivity contribution < 1.29 is 4.79 Å². The maximum absolute atomic E-state index is 13.3. The molecular formula is C20H18BrClN4O2. The molecule has 3 heterocycles. The molecule has 6 nitrogen and oxygen atoms in total. The molecule has 1 unspecified atom stereocenters. The molecule has 0 bridgehead atoms. The van der Waals surface area contributed by atoms with Gasteiger partial charge in [0, 0.05) is 30.4 Å². The number of fused-ring (bicyclic) bond motifs is 1. The average Bonchev–Trinajstić information content (AvgIpc) is 3.12. The lowest BCUT2D eigenvalue weighted by Gasteiger charge is -2.28. The monoisotopic (exact) mass is 460 g/mol. The number of aromatic nitrogens is 3. The number of anilines is 1. The maximum Gasteiger partial charge on any atom is 0.279 e. The molecule has 28 heavy (non-hydrogen) atoms. The number of carbonyl (C=O) groups excluding carboxylic acids is 1. The third kappa shape index (κ3) is 2.89. The normalized spacial score (nSPS) is 16.1. The molecule has 1 atom stereocenters. The van der Waals surface area contributed by atoms with E-state index < -0.39 is 0 Å². The first-order chi connectivity index (χ1) is 13.3. The van der Waals surface area contributed by atoms with Gasteiger partial charge in [-0.2, -0.15) is 0 Å². The van der Waals surface area contributed by atoms with Crippen molar-refractivity contribution >= 4 is 39.1 Å². The molecule has 0 fully saturated rings. The molecular weight excluding hydrogens is 444 g/mol. The van der Waals surface area contributed by atoms with E-state index in [9.17, 15) is 9.59 Å². The number of halogens is 2. The molecule has 0 aliphatic carbocycles. The molecule has 4 rings (SSSR count). The number of pyridine rings is 1. The topological polar surface area (TPSA) is 60.1 Å². The predicted molar refractivity (Wildman–Crippen MR) is 112 cm³/mol. The summed E-state index contributed by atoms with van der Waals surface area (Å²) in [5.41, 5.74) is 2.65. The number of nitrogens with zero attached hydrogens (tertiary/aromatic N) is 4. The smallest absolute Gasteiger partial charge is 0.279 e. The Morgan fingerprint density at radius 3 is 2.39 bits per heavy atom. The summed E-state index contributed by atoms with van der Waals surface area (Å²) < 4.78 is 4.11. The minimum absolute atomic E-state index is 0.105. The summed E-state index contributed by atoms with van der Waals surface area (Å²) in [4.78, 5) is 31.4. The third-order valence-corrected chi connectivity index (χ3v) is 5.71. The second-order valence-corrected chi connectivity index (χ2v) is 8.19. The first kappa shape index (κ1) is 19.0. The highest BCUT2D eigenvalue weighted by molar-refractivity contribution is 9.10. The zero-order chi connectivity index (χ0) is 20.2. The van der Waals surface area contributed by atoms with E-state index in [1.54, 1.807) is 24.2 Å². The number of imidazole rings is 1. The SMILES string of the molecule is CC(C)n1c(Br)nc2c1C(c1ccc(Cl)cc1)N(c1ccc(=O)n(C)c1)C2=O. The molecule has 1 amide bonds. The summed E-state index contributed by atoms with van der Waals surface area (Å²) in [6.45, 7) is 4.09. The Morgan fingerprint density at radius 1 is 1.11 bits per heavy atom. The Hall–Kier alpha value is -2.38. The van der Waals surface area contributed by atoms with E-state index in [0.717, 1.165) is 11.3 Å². The summed E-state index contributed by atoms with van der Waals surface area (Å²) in [6.07, 6.45) is 1.67. The number of benzene rings is 1. The van der Waals surface area contributed by atoms with Crippen molar-refractivity contribution in [3.05, 3.63) is 79.7 Å². The Balaban J connectivity index is 1.97. The number of hydrogen-bond donors (Lipinski definition) is 0. The van der Waals surface area contributed by atoms with Crippen LogP contribution in [0.25, 0.3) is 0 Å². The summed E-state index contributed by atoms with van der Waals surface area (Å²) in [5, 5.41) is 0.625. The highest BCUT2D eigenvalue weighted by Crippen LogP contribution is 2.43. The van der Waals surface area contributed by atoms with Crippen LogP contribution in [-0.2, 0) is 7.05 Å². The Bertz CT molecular complexity index is 1130. The van der Waals surface area contributed by atoms with E-state index in [4.69, 9.17) is 11.6 Å². The van der Waals surface area contributed by atoms with Crippen LogP contribution >= 0.6 is 27.5 Å². The van der Waals surface area contributed by atoms with Crippen molar-refractivity contribution in [3.63, 3.8) is 0 Å². The number of carbonyl (C=O) groups is 1. The van der Waals surface area contributed by atoms with Gasteiger partial charge in [0.05, 0.1) is 11.4 Å². The Morgan fingerprint density at radius 2 is 1.79 bits per heavy atom. The van der Waals surface area contributed by atoms with Crippen LogP contribution in [0.15, 0.2) is 52.1 Å². The second kappa shape index (κ2) is 6.90. The molecule has 0 radical (unpaired) electrons. The molecule has 0 saturated carbocycles. The highest BCUT2D eigenvalue weighted by Gasteiger charge is 2.44. The summed E-state index contributed by atoms with van der Waals surface area (Å²) >= 11 is 9.58. The van der Waals surface area contributed by atoms with Crippen molar-refractivity contribution in [3.8, 4) is 0 Å². The Kier molecular flexibility index (Phi) is 4.67. The van der Waals surface area contributed by atoms with E-state index in [1.165, 1.54) is 10.6 Å². The van der Waals surface area contributed by atoms with Gasteiger partial charge < -0.3 is 9.13 Å². The van der Waals surface area contributed by atoms with Crippen LogP contribution < -0.4 is 10.5 Å². The zero-order valence-corrected chi connectivity index (χ0v) is 17.9. The van der Waals surface area contributed by atoms with Crippen molar-refractivity contribution in [1.29, 1.82) is 0 Å². The Labute approximate surface area is 175 Å². The van der Waals surface area contributed by atoms with Crippen molar-refractivity contribution in [1.82, 2.24) is 14.1 Å². The fourth-order valence-electron chi connectivity index (χ4n) is 3.62. The van der Waals surface area contributed by atoms with Crippen LogP contribution in [0.1, 0.15) is 47.7 Å². The van der Waals surface area contributed by atoms with Gasteiger partial charge in [0.15, 0.2) is 10.4 Å². The molecule has 1 aliphatic rings. The molecule has 2 aromatic heterocycles. The molecule has 0 N–H and O–H groups in total. The van der Waals surface area contributed by atoms with Crippen LogP contribution in [0.2, 0.25) is 5.02 Å². The lowest BCUT2D eigenvalue weighted by atomic mass is 10.0. The minimum atomic E-state index is -0.376. The standard InChI is InChI=1S/C20H18BrClN4O2/c1-11(2)25-18-16(23-20(25)21)19(28)26(14-8-9-15(27)24(3)10-14)17(18)12-4-6-13(22)7-5-12/h4-11,17H,1-3H3. The second-order valence-electron chi connectivity index (χ2n) is 7.04. The van der Waals surface area contributed by atoms with Gasteiger partial charge in [-0.25, -0.2) is 4.98 Å². The number of amides is 1. The quantitative estimate of drug-likeness (QED) is 0.583. The summed E-state index contributed by atoms with van der Waals surface area (Å²) in [5.74, 6) is -0.200. The van der Waals surface area contributed by atoms with Crippen molar-refractivity contribution in [2.24, 2.45) is 7.05 Å². The van der Waals surface area contributed by atoms with Gasteiger partial charge in [-0.05, 0) is 53.5 Å². The maximum atomic E-state index is 13.3. The summed E-state index contributed by atoms with van der Waals surface area (Å²) in [6, 6.07) is 10.3. The molecule has 1 aromatic carbocycles. The first-order valence-electron chi connectivity index (χ1n) is 8.83. The molecule has 8 heteroatoms. The lowest BCUT2D eigenvalue weighted by Crippen LogP contribution is -2.31. The predicted octanol–water partition coefficient (Wildman–Crippen LogP) is 4.33. The van der Waals surface area contributed by atoms with Gasteiger partial charge in [0.1, 0.15) is 6.04 Å². The molecule has 0 spiro atoms. The van der Waals surface area contributed by atoms with Gasteiger partial charge in [-0.15, -0.1) is 0 Å². The molecule has 0 saturated heterocycles. The van der Waals surface area contributed by atoms with Crippen LogP contribution in [0.3, 0.4) is 0 Å². The fourth-order valence-corrected chi connectivity index (χ4v) is 4.52. The lowest BCUT2D eigenvalue weighted by molar-refractivity contribution is 0.0989. The molecule has 144 valence electrons. The zero-order valence-electron chi connectivity index (χ0n) is 15.6. The van der Waals surface area contributed by atoms with Crippen molar-refractivity contribution in [2.45, 2.75) is 25.9 Å². The van der Waals surface area contributed by atoms with Gasteiger partial charge in [-0.3, -0.25) is 14.5 Å². The van der Waals surface area contributed by atoms with Crippen LogP contribution in [-0.4, -0.2) is 20.0 Å². The van der Waals surface area contributed by atoms with E-state index >= 15 is 0 Å². The van der Waals surface area contributed by atoms with E-state index in [1.807, 2.05) is 42.7 Å². The van der Waals surface area contributed by atoms with Crippen LogP contribution in [0, 0.1) is 0 Å². The largest absolute Gasteiger partial charge is 0.317 e. The molecule has 3 aromatic rings. The van der Waals surface area contributed by atoms with E-state index in [2.05, 4.69) is 20.9 Å². The molecule has 1 aliphatic heterocycles. The fraction of sp³-hybridized carbons (Fsp3) is 0.250. The van der Waals surface area contributed by atoms with Crippen LogP contribution in [0.4, 0.5) is 5.69 Å².